The van der Waals surface area contributed by atoms with Gasteiger partial charge in [-0.15, -0.1) is 0 Å². The lowest BCUT2D eigenvalue weighted by atomic mass is 10.1. The second-order valence-electron chi connectivity index (χ2n) is 10.5. The summed E-state index contributed by atoms with van der Waals surface area (Å²) >= 11 is 6.26. The summed E-state index contributed by atoms with van der Waals surface area (Å²) in [6.45, 7) is 6.63. The van der Waals surface area contributed by atoms with Gasteiger partial charge in [-0.1, -0.05) is 11.6 Å². The first-order valence-corrected chi connectivity index (χ1v) is 13.8. The van der Waals surface area contributed by atoms with Crippen molar-refractivity contribution in [1.82, 2.24) is 14.9 Å². The van der Waals surface area contributed by atoms with Gasteiger partial charge in [0.05, 0.1) is 29.9 Å². The molecule has 228 valence electrons. The van der Waals surface area contributed by atoms with E-state index in [4.69, 9.17) is 30.9 Å². The van der Waals surface area contributed by atoms with Crippen LogP contribution in [0, 0.1) is 0 Å². The number of benzene rings is 1. The Labute approximate surface area is 249 Å². The number of fused-ring (bicyclic) bond motifs is 1. The zero-order chi connectivity index (χ0) is 30.9. The van der Waals surface area contributed by atoms with E-state index in [2.05, 4.69) is 25.9 Å². The van der Waals surface area contributed by atoms with Crippen molar-refractivity contribution in [3.05, 3.63) is 35.0 Å². The predicted octanol–water partition coefficient (Wildman–Crippen LogP) is 4.85. The number of carbonyl (C=O) groups excluding carboxylic acids is 2. The number of anilines is 3. The van der Waals surface area contributed by atoms with Crippen molar-refractivity contribution in [2.75, 3.05) is 49.8 Å². The average Bonchev–Trinajstić information content (AvgIpc) is 3.24. The molecule has 2 heterocycles. The van der Waals surface area contributed by atoms with Crippen LogP contribution < -0.4 is 25.4 Å². The number of carboxylic acids is 1. The zero-order valence-corrected chi connectivity index (χ0v) is 25.1. The first-order chi connectivity index (χ1) is 19.9. The number of halogens is 1. The van der Waals surface area contributed by atoms with Crippen molar-refractivity contribution < 1.29 is 33.7 Å². The molecule has 2 aromatic rings. The Bertz CT molecular complexity index is 1330. The molecule has 42 heavy (non-hydrogen) atoms. The fourth-order valence-corrected chi connectivity index (χ4v) is 3.98. The van der Waals surface area contributed by atoms with Crippen LogP contribution in [0.15, 0.2) is 24.4 Å². The van der Waals surface area contributed by atoms with Gasteiger partial charge in [-0.05, 0) is 52.2 Å². The second kappa shape index (κ2) is 14.6. The number of amides is 2. The fourth-order valence-electron chi connectivity index (χ4n) is 3.80. The van der Waals surface area contributed by atoms with E-state index in [1.165, 1.54) is 12.0 Å². The molecular weight excluding hydrogens is 568 g/mol. The minimum absolute atomic E-state index is 0.0748. The molecule has 0 atom stereocenters. The molecule has 0 fully saturated rings. The molecule has 0 saturated carbocycles. The van der Waals surface area contributed by atoms with Crippen LogP contribution in [0.4, 0.5) is 22.1 Å². The van der Waals surface area contributed by atoms with Crippen LogP contribution in [0.2, 0.25) is 5.02 Å². The third-order valence-electron chi connectivity index (χ3n) is 5.84. The second-order valence-corrected chi connectivity index (χ2v) is 10.9. The van der Waals surface area contributed by atoms with Crippen molar-refractivity contribution in [1.29, 1.82) is 0 Å². The number of unbranched alkanes of at least 4 members (excludes halogenated alkanes) is 1. The summed E-state index contributed by atoms with van der Waals surface area (Å²) in [5.41, 5.74) is 0.801. The van der Waals surface area contributed by atoms with Crippen molar-refractivity contribution in [2.24, 2.45) is 0 Å². The standard InChI is InChI=1S/C28H37ClN6O7/c1-28(2,3)42-27(39)35(4)13-8-12-30-23-22-18(25(38)32-24(22)34-26(33-23)40-5)16-31-17-10-11-19(29)20(15-17)41-14-7-6-9-21(36)37/h10-11,15-16,31H,6-9,12-14H2,1-5H3,(H,36,37)(H2,30,32,33,34,38)/b18-16-. The highest BCUT2D eigenvalue weighted by molar-refractivity contribution is 6.33. The van der Waals surface area contributed by atoms with Gasteiger partial charge in [0.2, 0.25) is 0 Å². The third-order valence-corrected chi connectivity index (χ3v) is 6.15. The molecule has 0 bridgehead atoms. The average molecular weight is 605 g/mol. The van der Waals surface area contributed by atoms with Crippen LogP contribution in [0.25, 0.3) is 5.57 Å². The van der Waals surface area contributed by atoms with Crippen LogP contribution in [-0.4, -0.2) is 77.4 Å². The lowest BCUT2D eigenvalue weighted by Gasteiger charge is -2.24. The van der Waals surface area contributed by atoms with Crippen LogP contribution in [-0.2, 0) is 14.3 Å². The Kier molecular flexibility index (Phi) is 11.2. The zero-order valence-electron chi connectivity index (χ0n) is 24.4. The maximum atomic E-state index is 12.9. The van der Waals surface area contributed by atoms with Gasteiger partial charge in [0.15, 0.2) is 5.82 Å². The molecule has 2 amide bonds. The van der Waals surface area contributed by atoms with Gasteiger partial charge in [0.25, 0.3) is 5.91 Å². The van der Waals surface area contributed by atoms with Gasteiger partial charge in [-0.25, -0.2) is 4.79 Å². The molecule has 13 nitrogen and oxygen atoms in total. The van der Waals surface area contributed by atoms with Crippen molar-refractivity contribution in [3.8, 4) is 11.8 Å². The number of aliphatic carboxylic acids is 1. The molecule has 1 aliphatic heterocycles. The van der Waals surface area contributed by atoms with E-state index in [0.717, 1.165) is 0 Å². The summed E-state index contributed by atoms with van der Waals surface area (Å²) in [4.78, 5) is 46.0. The Hall–Kier alpha value is -4.26. The lowest BCUT2D eigenvalue weighted by Crippen LogP contribution is -2.35. The molecule has 0 saturated heterocycles. The monoisotopic (exact) mass is 604 g/mol. The Morgan fingerprint density at radius 3 is 2.64 bits per heavy atom. The van der Waals surface area contributed by atoms with Gasteiger partial charge in [-0.2, -0.15) is 9.97 Å². The Morgan fingerprint density at radius 1 is 1.19 bits per heavy atom. The number of aromatic nitrogens is 2. The summed E-state index contributed by atoms with van der Waals surface area (Å²) < 4.78 is 16.3. The van der Waals surface area contributed by atoms with E-state index in [9.17, 15) is 14.4 Å². The fraction of sp³-hybridized carbons (Fsp3) is 0.464. The van der Waals surface area contributed by atoms with Gasteiger partial charge in [0, 0.05) is 44.5 Å². The first-order valence-electron chi connectivity index (χ1n) is 13.4. The lowest BCUT2D eigenvalue weighted by molar-refractivity contribution is -0.137. The molecule has 3 rings (SSSR count). The molecule has 1 aromatic carbocycles. The molecule has 0 unspecified atom stereocenters. The summed E-state index contributed by atoms with van der Waals surface area (Å²) in [7, 11) is 3.10. The van der Waals surface area contributed by atoms with E-state index < -0.39 is 17.7 Å². The number of hydrogen-bond acceptors (Lipinski definition) is 10. The molecule has 0 radical (unpaired) electrons. The van der Waals surface area contributed by atoms with Crippen molar-refractivity contribution in [2.45, 2.75) is 52.1 Å². The van der Waals surface area contributed by atoms with Gasteiger partial charge in [-0.3, -0.25) is 9.59 Å². The van der Waals surface area contributed by atoms with Crippen LogP contribution in [0.1, 0.15) is 52.0 Å². The molecular formula is C28H37ClN6O7. The topological polar surface area (TPSA) is 164 Å². The number of nitrogens with one attached hydrogen (secondary N) is 3. The van der Waals surface area contributed by atoms with E-state index >= 15 is 0 Å². The number of nitrogens with zero attached hydrogens (tertiary/aromatic N) is 3. The van der Waals surface area contributed by atoms with Crippen LogP contribution in [0.3, 0.4) is 0 Å². The van der Waals surface area contributed by atoms with Crippen molar-refractivity contribution in [3.63, 3.8) is 0 Å². The molecule has 4 N–H and O–H groups in total. The van der Waals surface area contributed by atoms with Gasteiger partial charge >= 0.3 is 18.1 Å². The summed E-state index contributed by atoms with van der Waals surface area (Å²) in [5, 5.41) is 18.2. The van der Waals surface area contributed by atoms with Crippen LogP contribution >= 0.6 is 11.6 Å². The minimum atomic E-state index is -0.849. The summed E-state index contributed by atoms with van der Waals surface area (Å²) in [6, 6.07) is 5.16. The molecule has 0 spiro atoms. The van der Waals surface area contributed by atoms with Gasteiger partial charge in [0.1, 0.15) is 17.2 Å². The Morgan fingerprint density at radius 2 is 1.95 bits per heavy atom. The maximum absolute atomic E-state index is 12.9. The van der Waals surface area contributed by atoms with Crippen molar-refractivity contribution >= 4 is 52.5 Å². The normalized spacial score (nSPS) is 13.3. The summed E-state index contributed by atoms with van der Waals surface area (Å²) in [6.07, 6.45) is 2.85. The number of carbonyl (C=O) groups is 3. The number of rotatable bonds is 14. The molecule has 1 aromatic heterocycles. The largest absolute Gasteiger partial charge is 0.492 e. The van der Waals surface area contributed by atoms with E-state index in [-0.39, 0.29) is 18.3 Å². The molecule has 0 aliphatic carbocycles. The quantitative estimate of drug-likeness (QED) is 0.172. The third kappa shape index (κ3) is 9.40. The SMILES string of the molecule is COc1nc(NCCCN(C)C(=O)OC(C)(C)C)c2c(n1)NC(=O)/C2=C\Nc1ccc(Cl)c(OCCCCC(=O)O)c1. The highest BCUT2D eigenvalue weighted by Gasteiger charge is 2.31. The van der Waals surface area contributed by atoms with E-state index in [1.807, 2.05) is 20.8 Å². The first kappa shape index (κ1) is 32.3. The number of hydrogen-bond donors (Lipinski definition) is 4. The van der Waals surface area contributed by atoms with Gasteiger partial charge < -0.3 is 40.2 Å². The maximum Gasteiger partial charge on any atom is 0.410 e. The molecule has 1 aliphatic rings. The number of ether oxygens (including phenoxy) is 3. The van der Waals surface area contributed by atoms with Crippen LogP contribution in [0.5, 0.6) is 11.8 Å². The highest BCUT2D eigenvalue weighted by Crippen LogP contribution is 2.37. The smallest absolute Gasteiger partial charge is 0.410 e. The highest BCUT2D eigenvalue weighted by atomic mass is 35.5. The Balaban J connectivity index is 1.69. The number of methoxy groups -OCH3 is 1. The number of carboxylic acid groups (broad SMARTS) is 1. The van der Waals surface area contributed by atoms with E-state index in [0.29, 0.717) is 78.2 Å². The molecule has 14 heteroatoms. The summed E-state index contributed by atoms with van der Waals surface area (Å²) in [5.74, 6) is -0.104. The van der Waals surface area contributed by atoms with E-state index in [1.54, 1.807) is 31.4 Å². The minimum Gasteiger partial charge on any atom is -0.492 e. The predicted molar refractivity (Wildman–Crippen MR) is 159 cm³/mol.